The van der Waals surface area contributed by atoms with Crippen LogP contribution in [0.5, 0.6) is 0 Å². The van der Waals surface area contributed by atoms with Crippen LogP contribution < -0.4 is 11.1 Å². The Balaban J connectivity index is 0.00000289. The Labute approximate surface area is 123 Å². The number of benzene rings is 1. The molecule has 0 aliphatic rings. The van der Waals surface area contributed by atoms with Crippen molar-refractivity contribution >= 4 is 39.9 Å². The lowest BCUT2D eigenvalue weighted by Gasteiger charge is -2.18. The van der Waals surface area contributed by atoms with E-state index in [2.05, 4.69) is 21.2 Å². The normalized spacial score (nSPS) is 13.4. The van der Waals surface area contributed by atoms with Gasteiger partial charge >= 0.3 is 0 Å². The first kappa shape index (κ1) is 17.4. The van der Waals surface area contributed by atoms with E-state index in [1.54, 1.807) is 0 Å². The Hall–Kier alpha value is -0.580. The lowest BCUT2D eigenvalue weighted by molar-refractivity contribution is -0.118. The molecule has 0 heterocycles. The zero-order chi connectivity index (χ0) is 13.0. The Morgan fingerprint density at radius 3 is 2.67 bits per heavy atom. The maximum absolute atomic E-state index is 11.9. The van der Waals surface area contributed by atoms with Gasteiger partial charge in [0.2, 0.25) is 5.91 Å². The smallest absolute Gasteiger partial charge is 0.241 e. The molecule has 0 saturated heterocycles. The molecule has 2 atom stereocenters. The molecular weight excluding hydrogens is 316 g/mol. The molecule has 0 aliphatic carbocycles. The predicted molar refractivity (Wildman–Crippen MR) is 82.2 cm³/mol. The molecule has 0 fully saturated rings. The lowest BCUT2D eigenvalue weighted by atomic mass is 9.99. The number of hydrogen-bond donors (Lipinski definition) is 2. The van der Waals surface area contributed by atoms with E-state index in [-0.39, 0.29) is 24.2 Å². The summed E-state index contributed by atoms with van der Waals surface area (Å²) in [6.45, 7) is 5.97. The molecular formula is C13H20BrClN2O. The van der Waals surface area contributed by atoms with Crippen molar-refractivity contribution in [2.75, 3.05) is 5.32 Å². The molecule has 18 heavy (non-hydrogen) atoms. The monoisotopic (exact) mass is 334 g/mol. The third kappa shape index (κ3) is 4.26. The Kier molecular flexibility index (Phi) is 7.52. The van der Waals surface area contributed by atoms with Gasteiger partial charge in [-0.05, 0) is 30.5 Å². The summed E-state index contributed by atoms with van der Waals surface area (Å²) in [7, 11) is 0. The largest absolute Gasteiger partial charge is 0.324 e. The molecule has 0 bridgehead atoms. The van der Waals surface area contributed by atoms with E-state index >= 15 is 0 Å². The van der Waals surface area contributed by atoms with Gasteiger partial charge in [0.05, 0.1) is 6.04 Å². The third-order valence-electron chi connectivity index (χ3n) is 3.09. The van der Waals surface area contributed by atoms with Crippen LogP contribution in [0.4, 0.5) is 5.69 Å². The molecule has 1 rings (SSSR count). The highest BCUT2D eigenvalue weighted by Gasteiger charge is 2.19. The SMILES string of the molecule is CCC(C)C(N)C(=O)Nc1cccc(Br)c1C.Cl. The minimum atomic E-state index is -0.460. The van der Waals surface area contributed by atoms with E-state index in [9.17, 15) is 4.79 Å². The number of hydrogen-bond acceptors (Lipinski definition) is 2. The van der Waals surface area contributed by atoms with Crippen LogP contribution in [0.25, 0.3) is 0 Å². The van der Waals surface area contributed by atoms with E-state index in [0.29, 0.717) is 0 Å². The number of amides is 1. The van der Waals surface area contributed by atoms with Gasteiger partial charge in [-0.15, -0.1) is 12.4 Å². The summed E-state index contributed by atoms with van der Waals surface area (Å²) in [5.41, 5.74) is 7.70. The molecule has 3 nitrogen and oxygen atoms in total. The first-order chi connectivity index (χ1) is 7.97. The maximum Gasteiger partial charge on any atom is 0.241 e. The van der Waals surface area contributed by atoms with Crippen LogP contribution in [0.2, 0.25) is 0 Å². The second kappa shape index (κ2) is 7.77. The predicted octanol–water partition coefficient (Wildman–Crippen LogP) is 3.49. The second-order valence-electron chi connectivity index (χ2n) is 4.31. The minimum Gasteiger partial charge on any atom is -0.324 e. The Morgan fingerprint density at radius 1 is 1.50 bits per heavy atom. The second-order valence-corrected chi connectivity index (χ2v) is 5.17. The van der Waals surface area contributed by atoms with Gasteiger partial charge in [0.25, 0.3) is 0 Å². The molecule has 102 valence electrons. The van der Waals surface area contributed by atoms with Crippen molar-refractivity contribution < 1.29 is 4.79 Å². The zero-order valence-corrected chi connectivity index (χ0v) is 13.3. The highest BCUT2D eigenvalue weighted by molar-refractivity contribution is 9.10. The van der Waals surface area contributed by atoms with Crippen molar-refractivity contribution in [3.63, 3.8) is 0 Å². The van der Waals surface area contributed by atoms with Gasteiger partial charge in [-0.3, -0.25) is 4.79 Å². The molecule has 0 spiro atoms. The van der Waals surface area contributed by atoms with E-state index < -0.39 is 6.04 Å². The average molecular weight is 336 g/mol. The summed E-state index contributed by atoms with van der Waals surface area (Å²) in [5, 5.41) is 2.87. The summed E-state index contributed by atoms with van der Waals surface area (Å²) < 4.78 is 0.979. The van der Waals surface area contributed by atoms with Crippen LogP contribution in [0.15, 0.2) is 22.7 Å². The fraction of sp³-hybridized carbons (Fsp3) is 0.462. The van der Waals surface area contributed by atoms with Gasteiger partial charge in [-0.1, -0.05) is 42.3 Å². The molecule has 0 radical (unpaired) electrons. The summed E-state index contributed by atoms with van der Waals surface area (Å²) in [5.74, 6) is 0.0583. The van der Waals surface area contributed by atoms with E-state index in [1.165, 1.54) is 0 Å². The number of nitrogens with one attached hydrogen (secondary N) is 1. The van der Waals surface area contributed by atoms with Gasteiger partial charge in [-0.2, -0.15) is 0 Å². The quantitative estimate of drug-likeness (QED) is 0.885. The average Bonchev–Trinajstić information content (AvgIpc) is 2.32. The standard InChI is InChI=1S/C13H19BrN2O.ClH/c1-4-8(2)12(15)13(17)16-11-7-5-6-10(14)9(11)3;/h5-8,12H,4,15H2,1-3H3,(H,16,17);1H. The molecule has 2 unspecified atom stereocenters. The number of halogens is 2. The first-order valence-corrected chi connectivity index (χ1v) is 6.58. The minimum absolute atomic E-state index is 0. The van der Waals surface area contributed by atoms with Gasteiger partial charge in [-0.25, -0.2) is 0 Å². The highest BCUT2D eigenvalue weighted by atomic mass is 79.9. The van der Waals surface area contributed by atoms with Crippen molar-refractivity contribution in [2.24, 2.45) is 11.7 Å². The van der Waals surface area contributed by atoms with Crippen molar-refractivity contribution in [1.82, 2.24) is 0 Å². The summed E-state index contributed by atoms with van der Waals surface area (Å²) >= 11 is 3.43. The van der Waals surface area contributed by atoms with Crippen molar-refractivity contribution in [3.8, 4) is 0 Å². The van der Waals surface area contributed by atoms with Crippen molar-refractivity contribution in [2.45, 2.75) is 33.2 Å². The van der Waals surface area contributed by atoms with E-state index in [0.717, 1.165) is 22.1 Å². The topological polar surface area (TPSA) is 55.1 Å². The zero-order valence-electron chi connectivity index (χ0n) is 10.9. The number of anilines is 1. The summed E-state index contributed by atoms with van der Waals surface area (Å²) in [4.78, 5) is 11.9. The van der Waals surface area contributed by atoms with E-state index in [4.69, 9.17) is 5.73 Å². The number of carbonyl (C=O) groups is 1. The van der Waals surface area contributed by atoms with Crippen LogP contribution in [0.3, 0.4) is 0 Å². The summed E-state index contributed by atoms with van der Waals surface area (Å²) in [6.07, 6.45) is 0.895. The Bertz CT molecular complexity index is 412. The van der Waals surface area contributed by atoms with Crippen LogP contribution in [0.1, 0.15) is 25.8 Å². The molecule has 0 aliphatic heterocycles. The Morgan fingerprint density at radius 2 is 2.11 bits per heavy atom. The van der Waals surface area contributed by atoms with Crippen molar-refractivity contribution in [1.29, 1.82) is 0 Å². The summed E-state index contributed by atoms with van der Waals surface area (Å²) in [6, 6.07) is 5.25. The van der Waals surface area contributed by atoms with Gasteiger partial charge in [0.1, 0.15) is 0 Å². The van der Waals surface area contributed by atoms with Crippen molar-refractivity contribution in [3.05, 3.63) is 28.2 Å². The molecule has 1 amide bonds. The van der Waals surface area contributed by atoms with Crippen LogP contribution in [0, 0.1) is 12.8 Å². The lowest BCUT2D eigenvalue weighted by Crippen LogP contribution is -2.40. The van der Waals surface area contributed by atoms with E-state index in [1.807, 2.05) is 39.0 Å². The number of nitrogens with two attached hydrogens (primary N) is 1. The first-order valence-electron chi connectivity index (χ1n) is 5.79. The van der Waals surface area contributed by atoms with Crippen LogP contribution in [-0.4, -0.2) is 11.9 Å². The molecule has 1 aromatic rings. The van der Waals surface area contributed by atoms with Crippen LogP contribution in [-0.2, 0) is 4.79 Å². The highest BCUT2D eigenvalue weighted by Crippen LogP contribution is 2.23. The molecule has 5 heteroatoms. The number of rotatable bonds is 4. The number of carbonyl (C=O) groups excluding carboxylic acids is 1. The third-order valence-corrected chi connectivity index (χ3v) is 3.94. The van der Waals surface area contributed by atoms with Gasteiger partial charge in [0, 0.05) is 10.2 Å². The maximum atomic E-state index is 11.9. The fourth-order valence-corrected chi connectivity index (χ4v) is 1.84. The molecule has 1 aromatic carbocycles. The fourth-order valence-electron chi connectivity index (χ4n) is 1.47. The van der Waals surface area contributed by atoms with Gasteiger partial charge in [0.15, 0.2) is 0 Å². The molecule has 3 N–H and O–H groups in total. The molecule has 0 aromatic heterocycles. The molecule has 0 saturated carbocycles. The van der Waals surface area contributed by atoms with Gasteiger partial charge < -0.3 is 11.1 Å². The van der Waals surface area contributed by atoms with Crippen LogP contribution >= 0.6 is 28.3 Å².